The molecule has 8 nitrogen and oxygen atoms in total. The second kappa shape index (κ2) is 8.12. The summed E-state index contributed by atoms with van der Waals surface area (Å²) in [6.07, 6.45) is 5.09. The maximum Gasteiger partial charge on any atom is 0.225 e. The Labute approximate surface area is 161 Å². The average molecular weight is 381 g/mol. The third-order valence-corrected chi connectivity index (χ3v) is 4.71. The molecule has 1 aromatic carbocycles. The van der Waals surface area contributed by atoms with Crippen LogP contribution < -0.4 is 10.2 Å². The summed E-state index contributed by atoms with van der Waals surface area (Å²) in [7, 11) is 0. The van der Waals surface area contributed by atoms with Crippen LogP contribution in [0.25, 0.3) is 10.9 Å². The van der Waals surface area contributed by atoms with Gasteiger partial charge in [-0.25, -0.2) is 24.3 Å². The molecule has 1 N–H and O–H groups in total. The van der Waals surface area contributed by atoms with Gasteiger partial charge in [0.2, 0.25) is 11.9 Å². The van der Waals surface area contributed by atoms with Gasteiger partial charge in [0.25, 0.3) is 0 Å². The summed E-state index contributed by atoms with van der Waals surface area (Å²) in [5.41, 5.74) is 0.269. The molecule has 0 saturated carbocycles. The number of anilines is 2. The molecular formula is C19H20FN7O. The van der Waals surface area contributed by atoms with Crippen molar-refractivity contribution in [2.45, 2.75) is 6.42 Å². The van der Waals surface area contributed by atoms with Crippen LogP contribution in [0.5, 0.6) is 0 Å². The quantitative estimate of drug-likeness (QED) is 0.720. The summed E-state index contributed by atoms with van der Waals surface area (Å²) in [6, 6.07) is 6.52. The molecule has 4 rings (SSSR count). The van der Waals surface area contributed by atoms with Crippen molar-refractivity contribution in [3.05, 3.63) is 48.8 Å². The minimum Gasteiger partial charge on any atom is -0.369 e. The number of benzene rings is 1. The first kappa shape index (κ1) is 18.0. The summed E-state index contributed by atoms with van der Waals surface area (Å²) in [5, 5.41) is 3.73. The van der Waals surface area contributed by atoms with E-state index in [-0.39, 0.29) is 17.2 Å². The van der Waals surface area contributed by atoms with Gasteiger partial charge < -0.3 is 15.1 Å². The molecule has 1 aliphatic rings. The Hall–Kier alpha value is -3.36. The number of rotatable bonds is 5. The zero-order valence-electron chi connectivity index (χ0n) is 15.3. The largest absolute Gasteiger partial charge is 0.369 e. The first-order valence-corrected chi connectivity index (χ1v) is 9.15. The van der Waals surface area contributed by atoms with Gasteiger partial charge in [0.05, 0.1) is 0 Å². The number of para-hydroxylation sites is 1. The van der Waals surface area contributed by atoms with Gasteiger partial charge >= 0.3 is 0 Å². The highest BCUT2D eigenvalue weighted by Gasteiger charge is 2.22. The second-order valence-electron chi connectivity index (χ2n) is 6.45. The predicted molar refractivity (Wildman–Crippen MR) is 103 cm³/mol. The van der Waals surface area contributed by atoms with Crippen LogP contribution >= 0.6 is 0 Å². The maximum atomic E-state index is 13.8. The van der Waals surface area contributed by atoms with E-state index in [9.17, 15) is 9.18 Å². The number of amides is 1. The Morgan fingerprint density at radius 2 is 1.82 bits per heavy atom. The monoisotopic (exact) mass is 381 g/mol. The zero-order valence-corrected chi connectivity index (χ0v) is 15.3. The third kappa shape index (κ3) is 3.83. The van der Waals surface area contributed by atoms with Crippen LogP contribution in [0, 0.1) is 5.82 Å². The van der Waals surface area contributed by atoms with Gasteiger partial charge in [0.1, 0.15) is 23.5 Å². The van der Waals surface area contributed by atoms with Crippen molar-refractivity contribution < 1.29 is 9.18 Å². The van der Waals surface area contributed by atoms with E-state index in [1.54, 1.807) is 30.6 Å². The smallest absolute Gasteiger partial charge is 0.225 e. The Balaban J connectivity index is 1.29. The van der Waals surface area contributed by atoms with E-state index in [1.165, 1.54) is 12.4 Å². The number of halogens is 1. The van der Waals surface area contributed by atoms with Gasteiger partial charge in [-0.05, 0) is 18.2 Å². The fraction of sp³-hybridized carbons (Fsp3) is 0.316. The van der Waals surface area contributed by atoms with E-state index in [0.717, 1.165) is 0 Å². The van der Waals surface area contributed by atoms with Crippen LogP contribution in [-0.2, 0) is 4.79 Å². The van der Waals surface area contributed by atoms with Crippen LogP contribution in [0.4, 0.5) is 16.2 Å². The van der Waals surface area contributed by atoms with Crippen molar-refractivity contribution in [1.82, 2.24) is 24.8 Å². The molecule has 1 fully saturated rings. The Morgan fingerprint density at radius 3 is 2.61 bits per heavy atom. The number of hydrogen-bond donors (Lipinski definition) is 1. The van der Waals surface area contributed by atoms with Crippen molar-refractivity contribution in [2.75, 3.05) is 42.9 Å². The van der Waals surface area contributed by atoms with Crippen molar-refractivity contribution in [3.63, 3.8) is 0 Å². The van der Waals surface area contributed by atoms with Crippen LogP contribution in [-0.4, -0.2) is 63.5 Å². The molecule has 0 bridgehead atoms. The summed E-state index contributed by atoms with van der Waals surface area (Å²) >= 11 is 0. The molecule has 0 spiro atoms. The average Bonchev–Trinajstić information content (AvgIpc) is 2.75. The van der Waals surface area contributed by atoms with Crippen LogP contribution in [0.1, 0.15) is 6.42 Å². The van der Waals surface area contributed by atoms with E-state index >= 15 is 0 Å². The molecule has 0 radical (unpaired) electrons. The third-order valence-electron chi connectivity index (χ3n) is 4.71. The highest BCUT2D eigenvalue weighted by Crippen LogP contribution is 2.21. The number of carbonyl (C=O) groups is 1. The molecule has 0 atom stereocenters. The number of nitrogens with zero attached hydrogens (tertiary/aromatic N) is 6. The lowest BCUT2D eigenvalue weighted by Gasteiger charge is -2.34. The summed E-state index contributed by atoms with van der Waals surface area (Å²) in [6.45, 7) is 3.11. The molecule has 28 heavy (non-hydrogen) atoms. The van der Waals surface area contributed by atoms with Gasteiger partial charge in [-0.3, -0.25) is 4.79 Å². The Morgan fingerprint density at radius 1 is 1.04 bits per heavy atom. The van der Waals surface area contributed by atoms with Gasteiger partial charge in [-0.1, -0.05) is 6.07 Å². The van der Waals surface area contributed by atoms with E-state index in [2.05, 4.69) is 30.2 Å². The second-order valence-corrected chi connectivity index (χ2v) is 6.45. The normalized spacial score (nSPS) is 14.3. The molecule has 0 aliphatic carbocycles. The number of aromatic nitrogens is 4. The summed E-state index contributed by atoms with van der Waals surface area (Å²) in [5.74, 6) is 0.910. The molecule has 2 aromatic heterocycles. The molecule has 9 heteroatoms. The van der Waals surface area contributed by atoms with Crippen LogP contribution in [0.15, 0.2) is 43.0 Å². The Kier molecular flexibility index (Phi) is 5.22. The van der Waals surface area contributed by atoms with Crippen molar-refractivity contribution in [3.8, 4) is 0 Å². The summed E-state index contributed by atoms with van der Waals surface area (Å²) < 4.78 is 13.8. The predicted octanol–water partition coefficient (Wildman–Crippen LogP) is 1.71. The lowest BCUT2D eigenvalue weighted by molar-refractivity contribution is -0.131. The highest BCUT2D eigenvalue weighted by molar-refractivity contribution is 5.89. The number of carbonyl (C=O) groups excluding carboxylic acids is 1. The summed E-state index contributed by atoms with van der Waals surface area (Å²) in [4.78, 5) is 33.1. The van der Waals surface area contributed by atoms with Gasteiger partial charge in [-0.15, -0.1) is 0 Å². The fourth-order valence-electron chi connectivity index (χ4n) is 3.25. The van der Waals surface area contributed by atoms with Crippen molar-refractivity contribution in [1.29, 1.82) is 0 Å². The lowest BCUT2D eigenvalue weighted by atomic mass is 10.2. The zero-order chi connectivity index (χ0) is 19.3. The van der Waals surface area contributed by atoms with Crippen LogP contribution in [0.3, 0.4) is 0 Å². The van der Waals surface area contributed by atoms with Gasteiger partial charge in [-0.2, -0.15) is 0 Å². The van der Waals surface area contributed by atoms with Gasteiger partial charge in [0, 0.05) is 56.9 Å². The fourth-order valence-corrected chi connectivity index (χ4v) is 3.25. The van der Waals surface area contributed by atoms with E-state index < -0.39 is 0 Å². The number of piperazine rings is 1. The molecular weight excluding hydrogens is 361 g/mol. The first-order chi connectivity index (χ1) is 13.7. The topological polar surface area (TPSA) is 87.1 Å². The van der Waals surface area contributed by atoms with E-state index in [1.807, 2.05) is 4.90 Å². The first-order valence-electron chi connectivity index (χ1n) is 9.15. The highest BCUT2D eigenvalue weighted by atomic mass is 19.1. The molecule has 3 aromatic rings. The number of hydrogen-bond acceptors (Lipinski definition) is 7. The van der Waals surface area contributed by atoms with Crippen molar-refractivity contribution >= 4 is 28.6 Å². The number of fused-ring (bicyclic) bond motifs is 1. The molecule has 1 saturated heterocycles. The maximum absolute atomic E-state index is 13.8. The molecule has 1 aliphatic heterocycles. The minimum absolute atomic E-state index is 0.0747. The SMILES string of the molecule is O=C(CCNc1ncnc2c(F)cccc12)N1CCN(c2ncccn2)CC1. The lowest BCUT2D eigenvalue weighted by Crippen LogP contribution is -2.49. The van der Waals surface area contributed by atoms with Gasteiger partial charge in [0.15, 0.2) is 0 Å². The van der Waals surface area contributed by atoms with E-state index in [4.69, 9.17) is 0 Å². The Bertz CT molecular complexity index is 961. The molecule has 0 unspecified atom stereocenters. The minimum atomic E-state index is -0.390. The van der Waals surface area contributed by atoms with Crippen LogP contribution in [0.2, 0.25) is 0 Å². The van der Waals surface area contributed by atoms with E-state index in [0.29, 0.717) is 56.3 Å². The molecule has 144 valence electrons. The number of nitrogens with one attached hydrogen (secondary N) is 1. The standard InChI is InChI=1S/C19H20FN7O/c20-15-4-1-3-14-17(15)24-13-25-18(14)21-8-5-16(28)26-9-11-27(12-10-26)19-22-6-2-7-23-19/h1-4,6-7,13H,5,8-12H2,(H,21,24,25). The molecule has 1 amide bonds. The van der Waals surface area contributed by atoms with Crippen molar-refractivity contribution in [2.24, 2.45) is 0 Å². The molecule has 3 heterocycles.